The van der Waals surface area contributed by atoms with E-state index in [2.05, 4.69) is 0 Å². The standard InChI is InChI=1S/C13H15NO3/c1-8-6-11(15)10-7-14(5-4-12(10)17-8)13(16)9-2-3-9/h6,9H,2-5,7H2,1H3. The van der Waals surface area contributed by atoms with Crippen LogP contribution >= 0.6 is 0 Å². The van der Waals surface area contributed by atoms with Gasteiger partial charge in [0.2, 0.25) is 5.91 Å². The van der Waals surface area contributed by atoms with E-state index in [-0.39, 0.29) is 17.3 Å². The number of hydrogen-bond donors (Lipinski definition) is 0. The van der Waals surface area contributed by atoms with Gasteiger partial charge in [-0.2, -0.15) is 0 Å². The average molecular weight is 233 g/mol. The molecule has 0 N–H and O–H groups in total. The molecule has 1 amide bonds. The number of amides is 1. The SMILES string of the molecule is Cc1cc(=O)c2c(o1)CCN(C(=O)C1CC1)C2. The molecule has 0 aromatic carbocycles. The van der Waals surface area contributed by atoms with Crippen LogP contribution in [-0.4, -0.2) is 17.4 Å². The summed E-state index contributed by atoms with van der Waals surface area (Å²) in [6, 6.07) is 1.50. The molecule has 1 fully saturated rings. The molecule has 1 saturated carbocycles. The van der Waals surface area contributed by atoms with E-state index < -0.39 is 0 Å². The number of aryl methyl sites for hydroxylation is 1. The second-order valence-electron chi connectivity index (χ2n) is 4.91. The fourth-order valence-electron chi connectivity index (χ4n) is 2.35. The van der Waals surface area contributed by atoms with Gasteiger partial charge in [-0.3, -0.25) is 9.59 Å². The van der Waals surface area contributed by atoms with Gasteiger partial charge < -0.3 is 9.32 Å². The van der Waals surface area contributed by atoms with Gasteiger partial charge in [-0.25, -0.2) is 0 Å². The van der Waals surface area contributed by atoms with Crippen LogP contribution in [0.2, 0.25) is 0 Å². The first-order chi connectivity index (χ1) is 8.15. The van der Waals surface area contributed by atoms with Gasteiger partial charge in [-0.15, -0.1) is 0 Å². The van der Waals surface area contributed by atoms with Crippen molar-refractivity contribution in [2.45, 2.75) is 32.7 Å². The number of rotatable bonds is 1. The Morgan fingerprint density at radius 3 is 2.94 bits per heavy atom. The third-order valence-corrected chi connectivity index (χ3v) is 3.45. The van der Waals surface area contributed by atoms with Crippen molar-refractivity contribution in [3.63, 3.8) is 0 Å². The van der Waals surface area contributed by atoms with Crippen molar-refractivity contribution in [1.29, 1.82) is 0 Å². The molecule has 0 atom stereocenters. The molecule has 4 heteroatoms. The summed E-state index contributed by atoms with van der Waals surface area (Å²) in [5.74, 6) is 1.83. The Labute approximate surface area is 99.2 Å². The van der Waals surface area contributed by atoms with Crippen LogP contribution in [0, 0.1) is 12.8 Å². The zero-order chi connectivity index (χ0) is 12.0. The largest absolute Gasteiger partial charge is 0.466 e. The smallest absolute Gasteiger partial charge is 0.225 e. The third kappa shape index (κ3) is 1.88. The minimum atomic E-state index is -0.00273. The van der Waals surface area contributed by atoms with Gasteiger partial charge >= 0.3 is 0 Å². The topological polar surface area (TPSA) is 50.5 Å². The highest BCUT2D eigenvalue weighted by Gasteiger charge is 2.35. The molecule has 17 heavy (non-hydrogen) atoms. The molecule has 2 aliphatic rings. The summed E-state index contributed by atoms with van der Waals surface area (Å²) in [5.41, 5.74) is 0.660. The quantitative estimate of drug-likeness (QED) is 0.733. The first-order valence-corrected chi connectivity index (χ1v) is 6.06. The van der Waals surface area contributed by atoms with Crippen LogP contribution in [0.15, 0.2) is 15.3 Å². The lowest BCUT2D eigenvalue weighted by atomic mass is 10.1. The maximum Gasteiger partial charge on any atom is 0.225 e. The maximum atomic E-state index is 11.9. The Balaban J connectivity index is 1.89. The van der Waals surface area contributed by atoms with Crippen LogP contribution in [-0.2, 0) is 17.8 Å². The number of nitrogens with zero attached hydrogens (tertiary/aromatic N) is 1. The summed E-state index contributed by atoms with van der Waals surface area (Å²) < 4.78 is 5.55. The molecular formula is C13H15NO3. The molecular weight excluding hydrogens is 218 g/mol. The highest BCUT2D eigenvalue weighted by atomic mass is 16.3. The van der Waals surface area contributed by atoms with Crippen LogP contribution in [0.25, 0.3) is 0 Å². The van der Waals surface area contributed by atoms with Gasteiger partial charge in [-0.1, -0.05) is 0 Å². The van der Waals surface area contributed by atoms with Crippen molar-refractivity contribution in [2.24, 2.45) is 5.92 Å². The fraction of sp³-hybridized carbons (Fsp3) is 0.538. The van der Waals surface area contributed by atoms with Crippen molar-refractivity contribution in [1.82, 2.24) is 4.90 Å². The van der Waals surface area contributed by atoms with Gasteiger partial charge in [-0.05, 0) is 19.8 Å². The molecule has 0 radical (unpaired) electrons. The summed E-state index contributed by atoms with van der Waals surface area (Å²) in [6.07, 6.45) is 2.67. The molecule has 1 aliphatic heterocycles. The van der Waals surface area contributed by atoms with Crippen LogP contribution in [0.3, 0.4) is 0 Å². The van der Waals surface area contributed by atoms with E-state index in [1.54, 1.807) is 11.8 Å². The normalized spacial score (nSPS) is 19.0. The van der Waals surface area contributed by atoms with Crippen molar-refractivity contribution in [2.75, 3.05) is 6.54 Å². The van der Waals surface area contributed by atoms with E-state index in [4.69, 9.17) is 4.42 Å². The Morgan fingerprint density at radius 2 is 2.24 bits per heavy atom. The summed E-state index contributed by atoms with van der Waals surface area (Å²) in [6.45, 7) is 2.88. The molecule has 90 valence electrons. The van der Waals surface area contributed by atoms with Gasteiger partial charge in [0, 0.05) is 24.9 Å². The van der Waals surface area contributed by atoms with E-state index >= 15 is 0 Å². The predicted octanol–water partition coefficient (Wildman–Crippen LogP) is 1.24. The molecule has 2 heterocycles. The first-order valence-electron chi connectivity index (χ1n) is 6.06. The Morgan fingerprint density at radius 1 is 1.47 bits per heavy atom. The fourth-order valence-corrected chi connectivity index (χ4v) is 2.35. The van der Waals surface area contributed by atoms with Crippen LogP contribution in [0.1, 0.15) is 29.9 Å². The molecule has 0 saturated heterocycles. The molecule has 0 unspecified atom stereocenters. The Hall–Kier alpha value is -1.58. The summed E-state index contributed by atoms with van der Waals surface area (Å²) in [5, 5.41) is 0. The lowest BCUT2D eigenvalue weighted by Crippen LogP contribution is -2.39. The summed E-state index contributed by atoms with van der Waals surface area (Å²) >= 11 is 0. The average Bonchev–Trinajstić information content (AvgIpc) is 3.11. The predicted molar refractivity (Wildman–Crippen MR) is 61.6 cm³/mol. The van der Waals surface area contributed by atoms with E-state index in [0.29, 0.717) is 30.8 Å². The molecule has 0 bridgehead atoms. The minimum absolute atomic E-state index is 0.00273. The Kier molecular flexibility index (Phi) is 2.31. The third-order valence-electron chi connectivity index (χ3n) is 3.45. The van der Waals surface area contributed by atoms with E-state index in [1.165, 1.54) is 6.07 Å². The van der Waals surface area contributed by atoms with Gasteiger partial charge in [0.25, 0.3) is 0 Å². The second-order valence-corrected chi connectivity index (χ2v) is 4.91. The summed E-state index contributed by atoms with van der Waals surface area (Å²) in [4.78, 5) is 25.6. The molecule has 3 rings (SSSR count). The molecule has 1 aromatic rings. The van der Waals surface area contributed by atoms with Crippen LogP contribution < -0.4 is 5.43 Å². The lowest BCUT2D eigenvalue weighted by molar-refractivity contribution is -0.133. The van der Waals surface area contributed by atoms with Gasteiger partial charge in [0.15, 0.2) is 5.43 Å². The number of fused-ring (bicyclic) bond motifs is 1. The molecule has 0 spiro atoms. The van der Waals surface area contributed by atoms with Crippen LogP contribution in [0.4, 0.5) is 0 Å². The number of carbonyl (C=O) groups is 1. The van der Waals surface area contributed by atoms with E-state index in [9.17, 15) is 9.59 Å². The van der Waals surface area contributed by atoms with Gasteiger partial charge in [0.1, 0.15) is 11.5 Å². The van der Waals surface area contributed by atoms with E-state index in [1.807, 2.05) is 0 Å². The van der Waals surface area contributed by atoms with Crippen molar-refractivity contribution >= 4 is 5.91 Å². The molecule has 1 aliphatic carbocycles. The summed E-state index contributed by atoms with van der Waals surface area (Å²) in [7, 11) is 0. The van der Waals surface area contributed by atoms with Gasteiger partial charge in [0.05, 0.1) is 12.1 Å². The van der Waals surface area contributed by atoms with E-state index in [0.717, 1.165) is 18.6 Å². The number of carbonyl (C=O) groups excluding carboxylic acids is 1. The van der Waals surface area contributed by atoms with Crippen molar-refractivity contribution in [3.8, 4) is 0 Å². The second kappa shape index (κ2) is 3.72. The highest BCUT2D eigenvalue weighted by Crippen LogP contribution is 2.32. The molecule has 1 aromatic heterocycles. The minimum Gasteiger partial charge on any atom is -0.466 e. The zero-order valence-corrected chi connectivity index (χ0v) is 9.86. The monoisotopic (exact) mass is 233 g/mol. The Bertz CT molecular complexity index is 528. The van der Waals surface area contributed by atoms with Crippen molar-refractivity contribution in [3.05, 3.63) is 33.4 Å². The molecule has 4 nitrogen and oxygen atoms in total. The first kappa shape index (κ1) is 10.6. The number of hydrogen-bond acceptors (Lipinski definition) is 3. The van der Waals surface area contributed by atoms with Crippen molar-refractivity contribution < 1.29 is 9.21 Å². The maximum absolute atomic E-state index is 11.9. The highest BCUT2D eigenvalue weighted by molar-refractivity contribution is 5.81. The van der Waals surface area contributed by atoms with Crippen LogP contribution in [0.5, 0.6) is 0 Å². The zero-order valence-electron chi connectivity index (χ0n) is 9.86. The lowest BCUT2D eigenvalue weighted by Gasteiger charge is -2.27.